The van der Waals surface area contributed by atoms with E-state index in [1.165, 1.54) is 0 Å². The first kappa shape index (κ1) is 12.9. The molecule has 1 aliphatic rings. The number of nitrogens with zero attached hydrogens (tertiary/aromatic N) is 3. The van der Waals surface area contributed by atoms with E-state index in [1.807, 2.05) is 11.8 Å². The molecule has 1 saturated heterocycles. The SMILES string of the molecule is CCn1cc(N)c(C(=O)N2CCC(COC)C2)n1. The van der Waals surface area contributed by atoms with E-state index >= 15 is 0 Å². The number of rotatable bonds is 4. The van der Waals surface area contributed by atoms with Crippen LogP contribution < -0.4 is 5.73 Å². The summed E-state index contributed by atoms with van der Waals surface area (Å²) in [6.07, 6.45) is 2.68. The molecule has 2 N–H and O–H groups in total. The van der Waals surface area contributed by atoms with Crippen molar-refractivity contribution in [2.75, 3.05) is 32.5 Å². The molecule has 18 heavy (non-hydrogen) atoms. The summed E-state index contributed by atoms with van der Waals surface area (Å²) in [6, 6.07) is 0. The van der Waals surface area contributed by atoms with Gasteiger partial charge in [-0.2, -0.15) is 5.10 Å². The highest BCUT2D eigenvalue weighted by molar-refractivity contribution is 5.97. The van der Waals surface area contributed by atoms with Crippen molar-refractivity contribution in [1.82, 2.24) is 14.7 Å². The fraction of sp³-hybridized carbons (Fsp3) is 0.667. The van der Waals surface area contributed by atoms with Gasteiger partial charge in [-0.1, -0.05) is 0 Å². The molecule has 1 atom stereocenters. The highest BCUT2D eigenvalue weighted by Crippen LogP contribution is 2.20. The number of nitrogens with two attached hydrogens (primary N) is 1. The van der Waals surface area contributed by atoms with E-state index in [1.54, 1.807) is 18.0 Å². The number of likely N-dealkylation sites (tertiary alicyclic amines) is 1. The van der Waals surface area contributed by atoms with Gasteiger partial charge in [-0.15, -0.1) is 0 Å². The van der Waals surface area contributed by atoms with Crippen molar-refractivity contribution in [3.8, 4) is 0 Å². The summed E-state index contributed by atoms with van der Waals surface area (Å²) in [5.41, 5.74) is 6.65. The lowest BCUT2D eigenvalue weighted by Crippen LogP contribution is -2.30. The lowest BCUT2D eigenvalue weighted by molar-refractivity contribution is 0.0770. The second-order valence-electron chi connectivity index (χ2n) is 4.65. The molecule has 100 valence electrons. The highest BCUT2D eigenvalue weighted by atomic mass is 16.5. The Morgan fingerprint density at radius 2 is 2.44 bits per heavy atom. The number of methoxy groups -OCH3 is 1. The minimum atomic E-state index is -0.0710. The second-order valence-corrected chi connectivity index (χ2v) is 4.65. The van der Waals surface area contributed by atoms with Gasteiger partial charge >= 0.3 is 0 Å². The molecular weight excluding hydrogens is 232 g/mol. The first-order valence-electron chi connectivity index (χ1n) is 6.26. The van der Waals surface area contributed by atoms with Crippen LogP contribution in [-0.4, -0.2) is 47.4 Å². The Morgan fingerprint density at radius 3 is 3.06 bits per heavy atom. The molecule has 1 aliphatic heterocycles. The fourth-order valence-corrected chi connectivity index (χ4v) is 2.30. The van der Waals surface area contributed by atoms with Crippen LogP contribution in [0.2, 0.25) is 0 Å². The zero-order chi connectivity index (χ0) is 13.1. The number of hydrogen-bond acceptors (Lipinski definition) is 4. The van der Waals surface area contributed by atoms with Crippen molar-refractivity contribution < 1.29 is 9.53 Å². The van der Waals surface area contributed by atoms with Gasteiger partial charge in [-0.3, -0.25) is 9.48 Å². The Hall–Kier alpha value is -1.56. The summed E-state index contributed by atoms with van der Waals surface area (Å²) < 4.78 is 6.81. The average molecular weight is 252 g/mol. The van der Waals surface area contributed by atoms with Gasteiger partial charge < -0.3 is 15.4 Å². The predicted molar refractivity (Wildman–Crippen MR) is 68.2 cm³/mol. The molecular formula is C12H20N4O2. The van der Waals surface area contributed by atoms with Crippen LogP contribution >= 0.6 is 0 Å². The number of carbonyl (C=O) groups is 1. The quantitative estimate of drug-likeness (QED) is 0.851. The molecule has 0 aliphatic carbocycles. The van der Waals surface area contributed by atoms with E-state index in [0.717, 1.165) is 19.5 Å². The summed E-state index contributed by atoms with van der Waals surface area (Å²) in [5.74, 6) is 0.353. The molecule has 1 fully saturated rings. The average Bonchev–Trinajstić information content (AvgIpc) is 2.95. The van der Waals surface area contributed by atoms with Gasteiger partial charge in [0, 0.05) is 38.9 Å². The van der Waals surface area contributed by atoms with Crippen molar-refractivity contribution in [3.05, 3.63) is 11.9 Å². The molecule has 0 spiro atoms. The van der Waals surface area contributed by atoms with Crippen LogP contribution in [0.25, 0.3) is 0 Å². The first-order chi connectivity index (χ1) is 8.65. The minimum absolute atomic E-state index is 0.0710. The fourth-order valence-electron chi connectivity index (χ4n) is 2.30. The molecule has 0 radical (unpaired) electrons. The number of aromatic nitrogens is 2. The van der Waals surface area contributed by atoms with Crippen LogP contribution in [0.4, 0.5) is 5.69 Å². The van der Waals surface area contributed by atoms with Gasteiger partial charge in [-0.25, -0.2) is 0 Å². The third-order valence-electron chi connectivity index (χ3n) is 3.29. The lowest BCUT2D eigenvalue weighted by Gasteiger charge is -2.15. The molecule has 0 aromatic carbocycles. The first-order valence-corrected chi connectivity index (χ1v) is 6.26. The number of anilines is 1. The van der Waals surface area contributed by atoms with Crippen LogP contribution in [0.15, 0.2) is 6.20 Å². The second kappa shape index (κ2) is 5.39. The van der Waals surface area contributed by atoms with E-state index in [0.29, 0.717) is 30.5 Å². The molecule has 1 amide bonds. The van der Waals surface area contributed by atoms with Gasteiger partial charge in [0.05, 0.1) is 12.3 Å². The molecule has 0 saturated carbocycles. The van der Waals surface area contributed by atoms with Crippen molar-refractivity contribution in [2.24, 2.45) is 5.92 Å². The Labute approximate surface area is 107 Å². The van der Waals surface area contributed by atoms with Crippen molar-refractivity contribution in [3.63, 3.8) is 0 Å². The van der Waals surface area contributed by atoms with E-state index in [9.17, 15) is 4.79 Å². The Morgan fingerprint density at radius 1 is 1.67 bits per heavy atom. The molecule has 1 unspecified atom stereocenters. The standard InChI is InChI=1S/C12H20N4O2/c1-3-16-7-10(13)11(14-16)12(17)15-5-4-9(6-15)8-18-2/h7,9H,3-6,8,13H2,1-2H3. The zero-order valence-corrected chi connectivity index (χ0v) is 10.9. The molecule has 1 aromatic heterocycles. The van der Waals surface area contributed by atoms with E-state index in [-0.39, 0.29) is 5.91 Å². The molecule has 2 heterocycles. The van der Waals surface area contributed by atoms with Gasteiger partial charge in [0.25, 0.3) is 5.91 Å². The maximum absolute atomic E-state index is 12.3. The van der Waals surface area contributed by atoms with Crippen LogP contribution in [-0.2, 0) is 11.3 Å². The monoisotopic (exact) mass is 252 g/mol. The largest absolute Gasteiger partial charge is 0.396 e. The van der Waals surface area contributed by atoms with Gasteiger partial charge in [0.2, 0.25) is 0 Å². The maximum Gasteiger partial charge on any atom is 0.276 e. The normalized spacial score (nSPS) is 19.4. The maximum atomic E-state index is 12.3. The predicted octanol–water partition coefficient (Wildman–Crippen LogP) is 0.594. The Balaban J connectivity index is 2.05. The van der Waals surface area contributed by atoms with E-state index in [2.05, 4.69) is 5.10 Å². The van der Waals surface area contributed by atoms with Crippen molar-refractivity contribution >= 4 is 11.6 Å². The Bertz CT molecular complexity index is 430. The number of nitrogen functional groups attached to an aromatic ring is 1. The minimum Gasteiger partial charge on any atom is -0.396 e. The molecule has 1 aromatic rings. The summed E-state index contributed by atoms with van der Waals surface area (Å²) in [5, 5.41) is 4.21. The number of carbonyl (C=O) groups excluding carboxylic acids is 1. The lowest BCUT2D eigenvalue weighted by atomic mass is 10.1. The highest BCUT2D eigenvalue weighted by Gasteiger charge is 2.29. The molecule has 0 bridgehead atoms. The van der Waals surface area contributed by atoms with Crippen LogP contribution in [0, 0.1) is 5.92 Å². The van der Waals surface area contributed by atoms with Crippen molar-refractivity contribution in [1.29, 1.82) is 0 Å². The van der Waals surface area contributed by atoms with Gasteiger partial charge in [-0.05, 0) is 13.3 Å². The van der Waals surface area contributed by atoms with Crippen molar-refractivity contribution in [2.45, 2.75) is 19.9 Å². The smallest absolute Gasteiger partial charge is 0.276 e. The number of aryl methyl sites for hydroxylation is 1. The third kappa shape index (κ3) is 2.48. The van der Waals surface area contributed by atoms with Crippen LogP contribution in [0.1, 0.15) is 23.8 Å². The van der Waals surface area contributed by atoms with Gasteiger partial charge in [0.15, 0.2) is 5.69 Å². The molecule has 6 heteroatoms. The number of hydrogen-bond donors (Lipinski definition) is 1. The number of ether oxygens (including phenoxy) is 1. The number of amides is 1. The van der Waals surface area contributed by atoms with Crippen LogP contribution in [0.3, 0.4) is 0 Å². The van der Waals surface area contributed by atoms with E-state index in [4.69, 9.17) is 10.5 Å². The summed E-state index contributed by atoms with van der Waals surface area (Å²) in [6.45, 7) is 4.86. The summed E-state index contributed by atoms with van der Waals surface area (Å²) >= 11 is 0. The molecule has 2 rings (SSSR count). The Kier molecular flexibility index (Phi) is 3.86. The topological polar surface area (TPSA) is 73.4 Å². The summed E-state index contributed by atoms with van der Waals surface area (Å²) in [4.78, 5) is 14.1. The van der Waals surface area contributed by atoms with Gasteiger partial charge in [0.1, 0.15) is 0 Å². The third-order valence-corrected chi connectivity index (χ3v) is 3.29. The van der Waals surface area contributed by atoms with E-state index < -0.39 is 0 Å². The zero-order valence-electron chi connectivity index (χ0n) is 10.9. The molecule has 6 nitrogen and oxygen atoms in total. The van der Waals surface area contributed by atoms with Crippen LogP contribution in [0.5, 0.6) is 0 Å². The summed E-state index contributed by atoms with van der Waals surface area (Å²) in [7, 11) is 1.69.